The Kier molecular flexibility index (Phi) is 5.33. The molecule has 1 aromatic heterocycles. The Hall–Kier alpha value is -2.53. The number of ether oxygens (including phenoxy) is 3. The number of hydrogen-bond acceptors (Lipinski definition) is 4. The Morgan fingerprint density at radius 3 is 2.54 bits per heavy atom. The fraction of sp³-hybridized carbons (Fsp3) is 0.316. The van der Waals surface area contributed by atoms with Crippen molar-refractivity contribution in [3.63, 3.8) is 0 Å². The van der Waals surface area contributed by atoms with E-state index in [1.807, 2.05) is 49.4 Å². The molecule has 1 heterocycles. The summed E-state index contributed by atoms with van der Waals surface area (Å²) < 4.78 is 18.9. The molecule has 0 saturated heterocycles. The molecule has 0 unspecified atom stereocenters. The molecule has 5 nitrogen and oxygen atoms in total. The second-order valence-electron chi connectivity index (χ2n) is 5.30. The first kappa shape index (κ1) is 16.3. The van der Waals surface area contributed by atoms with Crippen LogP contribution >= 0.6 is 0 Å². The van der Waals surface area contributed by atoms with Crippen LogP contribution in [-0.2, 0) is 17.9 Å². The number of aromatic nitrogens is 2. The van der Waals surface area contributed by atoms with Crippen LogP contribution in [0, 0.1) is 0 Å². The number of nitrogens with zero attached hydrogens (tertiary/aromatic N) is 2. The quantitative estimate of drug-likeness (QED) is 0.593. The van der Waals surface area contributed by atoms with Crippen molar-refractivity contribution in [2.75, 3.05) is 20.3 Å². The molecule has 0 atom stereocenters. The van der Waals surface area contributed by atoms with E-state index in [0.29, 0.717) is 25.6 Å². The minimum Gasteiger partial charge on any atom is -0.493 e. The zero-order valence-corrected chi connectivity index (χ0v) is 14.1. The highest BCUT2D eigenvalue weighted by atomic mass is 16.5. The summed E-state index contributed by atoms with van der Waals surface area (Å²) in [5, 5.41) is 0. The van der Waals surface area contributed by atoms with E-state index in [-0.39, 0.29) is 0 Å². The summed E-state index contributed by atoms with van der Waals surface area (Å²) in [6.45, 7) is 4.48. The van der Waals surface area contributed by atoms with Gasteiger partial charge in [-0.25, -0.2) is 4.98 Å². The Labute approximate surface area is 141 Å². The average molecular weight is 326 g/mol. The predicted octanol–water partition coefficient (Wildman–Crippen LogP) is 3.66. The largest absolute Gasteiger partial charge is 0.493 e. The topological polar surface area (TPSA) is 45.5 Å². The van der Waals surface area contributed by atoms with Crippen LogP contribution in [0.5, 0.6) is 11.5 Å². The van der Waals surface area contributed by atoms with E-state index in [1.165, 1.54) is 0 Å². The second-order valence-corrected chi connectivity index (χ2v) is 5.30. The monoisotopic (exact) mass is 326 g/mol. The smallest absolute Gasteiger partial charge is 0.161 e. The van der Waals surface area contributed by atoms with Crippen molar-refractivity contribution in [2.24, 2.45) is 0 Å². The lowest BCUT2D eigenvalue weighted by molar-refractivity contribution is 0.138. The molecule has 3 aromatic rings. The lowest BCUT2D eigenvalue weighted by Gasteiger charge is -2.12. The van der Waals surface area contributed by atoms with Gasteiger partial charge in [0.05, 0.1) is 24.8 Å². The van der Waals surface area contributed by atoms with Crippen LogP contribution in [0.1, 0.15) is 12.7 Å². The summed E-state index contributed by atoms with van der Waals surface area (Å²) in [6.07, 6.45) is 0. The molecule has 0 aliphatic carbocycles. The van der Waals surface area contributed by atoms with Crippen molar-refractivity contribution in [1.29, 1.82) is 0 Å². The van der Waals surface area contributed by atoms with Gasteiger partial charge in [-0.15, -0.1) is 0 Å². The Balaban J connectivity index is 1.83. The van der Waals surface area contributed by atoms with E-state index in [1.54, 1.807) is 7.11 Å². The molecule has 0 spiro atoms. The minimum absolute atomic E-state index is 0.376. The van der Waals surface area contributed by atoms with Crippen LogP contribution in [0.4, 0.5) is 0 Å². The highest BCUT2D eigenvalue weighted by Gasteiger charge is 2.12. The van der Waals surface area contributed by atoms with Gasteiger partial charge in [0.2, 0.25) is 0 Å². The number of rotatable bonds is 8. The zero-order chi connectivity index (χ0) is 16.8. The van der Waals surface area contributed by atoms with Crippen LogP contribution in [0.15, 0.2) is 48.5 Å². The number of imidazole rings is 1. The van der Waals surface area contributed by atoms with E-state index < -0.39 is 0 Å². The maximum absolute atomic E-state index is 5.94. The van der Waals surface area contributed by atoms with Crippen molar-refractivity contribution in [3.05, 3.63) is 54.4 Å². The van der Waals surface area contributed by atoms with Gasteiger partial charge in [-0.3, -0.25) is 0 Å². The summed E-state index contributed by atoms with van der Waals surface area (Å²) in [6, 6.07) is 15.7. The Bertz CT molecular complexity index is 798. The molecule has 0 aliphatic heterocycles. The number of hydrogen-bond donors (Lipinski definition) is 0. The molecule has 2 aromatic carbocycles. The fourth-order valence-electron chi connectivity index (χ4n) is 2.67. The average Bonchev–Trinajstić information content (AvgIpc) is 2.98. The van der Waals surface area contributed by atoms with Gasteiger partial charge >= 0.3 is 0 Å². The predicted molar refractivity (Wildman–Crippen MR) is 93.6 cm³/mol. The first-order valence-electron chi connectivity index (χ1n) is 8.11. The summed E-state index contributed by atoms with van der Waals surface area (Å²) in [5.41, 5.74) is 2.06. The molecule has 0 bridgehead atoms. The summed E-state index contributed by atoms with van der Waals surface area (Å²) in [7, 11) is 1.64. The number of benzene rings is 2. The van der Waals surface area contributed by atoms with E-state index in [0.717, 1.165) is 29.2 Å². The van der Waals surface area contributed by atoms with Crippen LogP contribution in [0.25, 0.3) is 11.0 Å². The van der Waals surface area contributed by atoms with E-state index in [9.17, 15) is 0 Å². The normalized spacial score (nSPS) is 10.9. The fourth-order valence-corrected chi connectivity index (χ4v) is 2.67. The van der Waals surface area contributed by atoms with Crippen LogP contribution < -0.4 is 9.47 Å². The standard InChI is InChI=1S/C19H22N2O3/c1-3-23-13-12-21-16-9-5-4-8-15(16)20-19(21)14-24-18-11-7-6-10-17(18)22-2/h4-11H,3,12-14H2,1-2H3. The molecule has 24 heavy (non-hydrogen) atoms. The SMILES string of the molecule is CCOCCn1c(COc2ccccc2OC)nc2ccccc21. The van der Waals surface area contributed by atoms with E-state index >= 15 is 0 Å². The number of para-hydroxylation sites is 4. The Morgan fingerprint density at radius 2 is 1.75 bits per heavy atom. The summed E-state index contributed by atoms with van der Waals surface area (Å²) in [5.74, 6) is 2.31. The van der Waals surface area contributed by atoms with Gasteiger partial charge in [0.15, 0.2) is 11.5 Å². The van der Waals surface area contributed by atoms with Crippen LogP contribution in [-0.4, -0.2) is 29.9 Å². The van der Waals surface area contributed by atoms with Gasteiger partial charge in [0.25, 0.3) is 0 Å². The molecule has 0 radical (unpaired) electrons. The Morgan fingerprint density at radius 1 is 1.00 bits per heavy atom. The molecule has 3 rings (SSSR count). The van der Waals surface area contributed by atoms with Gasteiger partial charge in [-0.1, -0.05) is 24.3 Å². The third-order valence-corrected chi connectivity index (χ3v) is 3.82. The van der Waals surface area contributed by atoms with Crippen molar-refractivity contribution in [2.45, 2.75) is 20.1 Å². The molecule has 0 saturated carbocycles. The molecule has 0 amide bonds. The van der Waals surface area contributed by atoms with E-state index in [2.05, 4.69) is 10.6 Å². The minimum atomic E-state index is 0.376. The third-order valence-electron chi connectivity index (χ3n) is 3.82. The molecule has 5 heteroatoms. The van der Waals surface area contributed by atoms with Gasteiger partial charge in [0, 0.05) is 13.2 Å². The summed E-state index contributed by atoms with van der Waals surface area (Å²) >= 11 is 0. The molecular weight excluding hydrogens is 304 g/mol. The van der Waals surface area contributed by atoms with Gasteiger partial charge < -0.3 is 18.8 Å². The molecule has 126 valence electrons. The van der Waals surface area contributed by atoms with Crippen LogP contribution in [0.3, 0.4) is 0 Å². The number of fused-ring (bicyclic) bond motifs is 1. The van der Waals surface area contributed by atoms with Crippen molar-refractivity contribution in [3.8, 4) is 11.5 Å². The van der Waals surface area contributed by atoms with Gasteiger partial charge in [-0.05, 0) is 31.2 Å². The van der Waals surface area contributed by atoms with E-state index in [4.69, 9.17) is 19.2 Å². The highest BCUT2D eigenvalue weighted by molar-refractivity contribution is 5.75. The molecule has 0 fully saturated rings. The highest BCUT2D eigenvalue weighted by Crippen LogP contribution is 2.27. The molecule has 0 aliphatic rings. The first-order valence-corrected chi connectivity index (χ1v) is 8.11. The number of methoxy groups -OCH3 is 1. The van der Waals surface area contributed by atoms with Crippen molar-refractivity contribution in [1.82, 2.24) is 9.55 Å². The van der Waals surface area contributed by atoms with Gasteiger partial charge in [0.1, 0.15) is 12.4 Å². The van der Waals surface area contributed by atoms with Crippen molar-refractivity contribution >= 4 is 11.0 Å². The molecule has 0 N–H and O–H groups in total. The summed E-state index contributed by atoms with van der Waals surface area (Å²) in [4.78, 5) is 4.70. The van der Waals surface area contributed by atoms with Gasteiger partial charge in [-0.2, -0.15) is 0 Å². The van der Waals surface area contributed by atoms with Crippen LogP contribution in [0.2, 0.25) is 0 Å². The second kappa shape index (κ2) is 7.84. The third kappa shape index (κ3) is 3.51. The maximum atomic E-state index is 5.94. The lowest BCUT2D eigenvalue weighted by Crippen LogP contribution is -2.11. The maximum Gasteiger partial charge on any atom is 0.161 e. The first-order chi connectivity index (χ1) is 11.8. The molecular formula is C19H22N2O3. The van der Waals surface area contributed by atoms with Crippen molar-refractivity contribution < 1.29 is 14.2 Å². The lowest BCUT2D eigenvalue weighted by atomic mass is 10.3. The zero-order valence-electron chi connectivity index (χ0n) is 14.1.